The average Bonchev–Trinajstić information content (AvgIpc) is 2.85. The fraction of sp³-hybridized carbons (Fsp3) is 0.0833. The van der Waals surface area contributed by atoms with E-state index >= 15 is 0 Å². The number of ether oxygens (including phenoxy) is 2. The van der Waals surface area contributed by atoms with E-state index in [1.54, 1.807) is 48.5 Å². The molecular weight excluding hydrogens is 443 g/mol. The highest BCUT2D eigenvalue weighted by atomic mass is 19.1. The van der Waals surface area contributed by atoms with E-state index in [9.17, 15) is 18.8 Å². The van der Waals surface area contributed by atoms with Gasteiger partial charge in [-0.05, 0) is 54.1 Å². The number of nitrogens with one attached hydrogen (secondary N) is 3. The molecule has 0 spiro atoms. The van der Waals surface area contributed by atoms with E-state index in [0.29, 0.717) is 22.7 Å². The van der Waals surface area contributed by atoms with Crippen LogP contribution in [0.15, 0.2) is 77.9 Å². The Labute approximate surface area is 194 Å². The van der Waals surface area contributed by atoms with Crippen LogP contribution in [0.4, 0.5) is 15.8 Å². The van der Waals surface area contributed by atoms with Crippen LogP contribution >= 0.6 is 0 Å². The van der Waals surface area contributed by atoms with Gasteiger partial charge in [-0.1, -0.05) is 24.3 Å². The summed E-state index contributed by atoms with van der Waals surface area (Å²) < 4.78 is 24.2. The molecule has 0 bridgehead atoms. The molecule has 0 fully saturated rings. The fourth-order valence-electron chi connectivity index (χ4n) is 2.69. The van der Waals surface area contributed by atoms with E-state index in [2.05, 4.69) is 21.2 Å². The second kappa shape index (κ2) is 11.8. The number of carbonyl (C=O) groups excluding carboxylic acids is 3. The summed E-state index contributed by atoms with van der Waals surface area (Å²) in [6.45, 7) is -0.210. The van der Waals surface area contributed by atoms with Crippen molar-refractivity contribution in [1.29, 1.82) is 0 Å². The van der Waals surface area contributed by atoms with Gasteiger partial charge in [-0.2, -0.15) is 5.10 Å². The minimum atomic E-state index is -1.06. The van der Waals surface area contributed by atoms with Crippen molar-refractivity contribution in [3.63, 3.8) is 0 Å². The fourth-order valence-corrected chi connectivity index (χ4v) is 2.69. The quantitative estimate of drug-likeness (QED) is 0.269. The standard InChI is InChI=1S/C24H21FN4O5/c1-33-21-9-5-4-8-20(21)27-22(30)15-34-17-12-10-16(11-13-17)14-26-29-24(32)23(31)28-19-7-3-2-6-18(19)25/h2-14H,15H2,1H3,(H,27,30)(H,28,31)(H,29,32)/b26-14-. The zero-order valence-corrected chi connectivity index (χ0v) is 18.1. The third kappa shape index (κ3) is 6.89. The average molecular weight is 464 g/mol. The highest BCUT2D eigenvalue weighted by Gasteiger charge is 2.14. The van der Waals surface area contributed by atoms with Gasteiger partial charge >= 0.3 is 11.8 Å². The number of rotatable bonds is 8. The van der Waals surface area contributed by atoms with Gasteiger partial charge in [0.15, 0.2) is 6.61 Å². The number of carbonyl (C=O) groups is 3. The number of methoxy groups -OCH3 is 1. The Bertz CT molecular complexity index is 1200. The van der Waals surface area contributed by atoms with Crippen LogP contribution < -0.4 is 25.5 Å². The maximum Gasteiger partial charge on any atom is 0.329 e. The van der Waals surface area contributed by atoms with Crippen molar-refractivity contribution in [2.45, 2.75) is 0 Å². The summed E-state index contributed by atoms with van der Waals surface area (Å²) >= 11 is 0. The Kier molecular flexibility index (Phi) is 8.28. The van der Waals surface area contributed by atoms with Crippen LogP contribution in [0, 0.1) is 5.82 Å². The van der Waals surface area contributed by atoms with Gasteiger partial charge < -0.3 is 20.1 Å². The third-order valence-corrected chi connectivity index (χ3v) is 4.34. The largest absolute Gasteiger partial charge is 0.495 e. The lowest BCUT2D eigenvalue weighted by molar-refractivity contribution is -0.136. The van der Waals surface area contributed by atoms with Gasteiger partial charge in [-0.15, -0.1) is 0 Å². The minimum absolute atomic E-state index is 0.112. The van der Waals surface area contributed by atoms with E-state index in [0.717, 1.165) is 6.07 Å². The summed E-state index contributed by atoms with van der Waals surface area (Å²) in [5, 5.41) is 8.56. The molecule has 10 heteroatoms. The molecular formula is C24H21FN4O5. The van der Waals surface area contributed by atoms with Crippen LogP contribution in [-0.4, -0.2) is 37.7 Å². The predicted molar refractivity (Wildman–Crippen MR) is 124 cm³/mol. The van der Waals surface area contributed by atoms with Gasteiger partial charge in [-0.25, -0.2) is 9.82 Å². The lowest BCUT2D eigenvalue weighted by Gasteiger charge is -2.10. The van der Waals surface area contributed by atoms with Crippen molar-refractivity contribution in [2.75, 3.05) is 24.4 Å². The second-order valence-electron chi connectivity index (χ2n) is 6.74. The molecule has 0 aliphatic rings. The Morgan fingerprint density at radius 2 is 1.56 bits per heavy atom. The molecule has 0 atom stereocenters. The molecule has 174 valence electrons. The highest BCUT2D eigenvalue weighted by molar-refractivity contribution is 6.39. The summed E-state index contributed by atoms with van der Waals surface area (Å²) in [6.07, 6.45) is 1.31. The molecule has 0 unspecified atom stereocenters. The molecule has 9 nitrogen and oxygen atoms in total. The SMILES string of the molecule is COc1ccccc1NC(=O)COc1ccc(/C=N\NC(=O)C(=O)Nc2ccccc2F)cc1. The Morgan fingerprint density at radius 3 is 2.26 bits per heavy atom. The van der Waals surface area contributed by atoms with Crippen molar-refractivity contribution in [1.82, 2.24) is 5.43 Å². The molecule has 3 rings (SSSR count). The van der Waals surface area contributed by atoms with E-state index in [4.69, 9.17) is 9.47 Å². The van der Waals surface area contributed by atoms with Gasteiger partial charge in [0.05, 0.1) is 24.7 Å². The molecule has 0 heterocycles. The Morgan fingerprint density at radius 1 is 0.882 bits per heavy atom. The van der Waals surface area contributed by atoms with Crippen LogP contribution in [0.3, 0.4) is 0 Å². The first-order valence-corrected chi connectivity index (χ1v) is 10.0. The molecule has 0 saturated carbocycles. The van der Waals surface area contributed by atoms with Gasteiger partial charge in [-0.3, -0.25) is 14.4 Å². The summed E-state index contributed by atoms with van der Waals surface area (Å²) in [5.41, 5.74) is 3.08. The van der Waals surface area contributed by atoms with Crippen LogP contribution in [-0.2, 0) is 14.4 Å². The first kappa shape index (κ1) is 23.9. The van der Waals surface area contributed by atoms with Crippen LogP contribution in [0.2, 0.25) is 0 Å². The number of hydrogen-bond acceptors (Lipinski definition) is 6. The number of anilines is 2. The second-order valence-corrected chi connectivity index (χ2v) is 6.74. The van der Waals surface area contributed by atoms with E-state index in [1.807, 2.05) is 0 Å². The number of hydrazone groups is 1. The number of halogens is 1. The third-order valence-electron chi connectivity index (χ3n) is 4.34. The molecule has 0 aliphatic carbocycles. The van der Waals surface area contributed by atoms with Gasteiger partial charge in [0.25, 0.3) is 5.91 Å². The van der Waals surface area contributed by atoms with Crippen LogP contribution in [0.25, 0.3) is 0 Å². The monoisotopic (exact) mass is 464 g/mol. The van der Waals surface area contributed by atoms with Crippen LogP contribution in [0.5, 0.6) is 11.5 Å². The zero-order chi connectivity index (χ0) is 24.3. The van der Waals surface area contributed by atoms with E-state index in [-0.39, 0.29) is 18.2 Å². The van der Waals surface area contributed by atoms with Crippen molar-refractivity contribution < 1.29 is 28.2 Å². The number of hydrogen-bond donors (Lipinski definition) is 3. The number of amides is 3. The summed E-state index contributed by atoms with van der Waals surface area (Å²) in [7, 11) is 1.51. The molecule has 3 amide bonds. The maximum atomic E-state index is 13.5. The smallest absolute Gasteiger partial charge is 0.329 e. The lowest BCUT2D eigenvalue weighted by atomic mass is 10.2. The Hall–Kier alpha value is -4.73. The van der Waals surface area contributed by atoms with Gasteiger partial charge in [0.2, 0.25) is 0 Å². The molecule has 0 saturated heterocycles. The molecule has 3 aromatic carbocycles. The Balaban J connectivity index is 1.45. The molecule has 3 aromatic rings. The lowest BCUT2D eigenvalue weighted by Crippen LogP contribution is -2.32. The van der Waals surface area contributed by atoms with Crippen LogP contribution in [0.1, 0.15) is 5.56 Å². The normalized spacial score (nSPS) is 10.4. The van der Waals surface area contributed by atoms with Gasteiger partial charge in [0, 0.05) is 0 Å². The molecule has 0 aromatic heterocycles. The molecule has 0 radical (unpaired) electrons. The number of nitrogens with zero attached hydrogens (tertiary/aromatic N) is 1. The highest BCUT2D eigenvalue weighted by Crippen LogP contribution is 2.23. The predicted octanol–water partition coefficient (Wildman–Crippen LogP) is 2.94. The molecule has 3 N–H and O–H groups in total. The molecule has 0 aliphatic heterocycles. The number of para-hydroxylation sites is 3. The topological polar surface area (TPSA) is 118 Å². The number of benzene rings is 3. The first-order valence-electron chi connectivity index (χ1n) is 10.0. The van der Waals surface area contributed by atoms with Crippen molar-refractivity contribution in [3.05, 3.63) is 84.2 Å². The minimum Gasteiger partial charge on any atom is -0.495 e. The first-order chi connectivity index (χ1) is 16.5. The summed E-state index contributed by atoms with van der Waals surface area (Å²) in [6, 6.07) is 19.0. The van der Waals surface area contributed by atoms with Crippen molar-refractivity contribution in [3.8, 4) is 11.5 Å². The van der Waals surface area contributed by atoms with E-state index in [1.165, 1.54) is 31.5 Å². The summed E-state index contributed by atoms with van der Waals surface area (Å²) in [5.74, 6) is -2.15. The maximum absolute atomic E-state index is 13.5. The van der Waals surface area contributed by atoms with Gasteiger partial charge in [0.1, 0.15) is 17.3 Å². The van der Waals surface area contributed by atoms with Crippen molar-refractivity contribution in [2.24, 2.45) is 5.10 Å². The zero-order valence-electron chi connectivity index (χ0n) is 18.1. The molecule has 34 heavy (non-hydrogen) atoms. The summed E-state index contributed by atoms with van der Waals surface area (Å²) in [4.78, 5) is 35.7. The van der Waals surface area contributed by atoms with Crippen molar-refractivity contribution >= 4 is 35.3 Å². The van der Waals surface area contributed by atoms with E-state index < -0.39 is 17.6 Å².